The first kappa shape index (κ1) is 14.4. The van der Waals surface area contributed by atoms with Crippen LogP contribution in [0.3, 0.4) is 0 Å². The van der Waals surface area contributed by atoms with Gasteiger partial charge in [-0.3, -0.25) is 14.9 Å². The summed E-state index contributed by atoms with van der Waals surface area (Å²) in [6.45, 7) is 0.430. The molecule has 0 spiro atoms. The molecule has 20 heavy (non-hydrogen) atoms. The minimum absolute atomic E-state index is 0.0611. The first-order valence-corrected chi connectivity index (χ1v) is 6.94. The standard InChI is InChI=1S/C12H10ClN3O3S/c13-10-7-8(16(18)19)1-2-9(10)12(17)15-4-3-11-14-5-6-20-11/h1-2,5-7H,3-4H2,(H,15,17). The van der Waals surface area contributed by atoms with Crippen molar-refractivity contribution in [3.8, 4) is 0 Å². The van der Waals surface area contributed by atoms with Gasteiger partial charge in [0.25, 0.3) is 11.6 Å². The Balaban J connectivity index is 1.97. The number of nitro benzene ring substituents is 1. The summed E-state index contributed by atoms with van der Waals surface area (Å²) in [4.78, 5) is 26.0. The fraction of sp³-hybridized carbons (Fsp3) is 0.167. The molecule has 0 unspecified atom stereocenters. The maximum atomic E-state index is 11.9. The average Bonchev–Trinajstić information content (AvgIpc) is 2.91. The molecule has 1 N–H and O–H groups in total. The fourth-order valence-corrected chi connectivity index (χ4v) is 2.44. The molecular weight excluding hydrogens is 302 g/mol. The number of hydrogen-bond donors (Lipinski definition) is 1. The number of non-ortho nitro benzene ring substituents is 1. The number of carbonyl (C=O) groups is 1. The molecule has 0 atom stereocenters. The van der Waals surface area contributed by atoms with E-state index in [1.165, 1.54) is 23.5 Å². The van der Waals surface area contributed by atoms with Crippen molar-refractivity contribution >= 4 is 34.5 Å². The molecule has 0 aliphatic rings. The van der Waals surface area contributed by atoms with Crippen LogP contribution in [0.25, 0.3) is 0 Å². The van der Waals surface area contributed by atoms with Crippen molar-refractivity contribution in [1.82, 2.24) is 10.3 Å². The summed E-state index contributed by atoms with van der Waals surface area (Å²) < 4.78 is 0. The number of benzene rings is 1. The van der Waals surface area contributed by atoms with Crippen LogP contribution in [0.4, 0.5) is 5.69 Å². The fourth-order valence-electron chi connectivity index (χ4n) is 1.56. The first-order valence-electron chi connectivity index (χ1n) is 5.68. The predicted octanol–water partition coefficient (Wildman–Crippen LogP) is 2.68. The molecule has 0 fully saturated rings. The lowest BCUT2D eigenvalue weighted by Gasteiger charge is -2.05. The van der Waals surface area contributed by atoms with Crippen LogP contribution in [-0.2, 0) is 6.42 Å². The molecule has 6 nitrogen and oxygen atoms in total. The van der Waals surface area contributed by atoms with Crippen LogP contribution in [0.5, 0.6) is 0 Å². The van der Waals surface area contributed by atoms with E-state index in [1.54, 1.807) is 6.20 Å². The van der Waals surface area contributed by atoms with Gasteiger partial charge in [-0.15, -0.1) is 11.3 Å². The van der Waals surface area contributed by atoms with Crippen molar-refractivity contribution in [3.05, 3.63) is 55.5 Å². The Morgan fingerprint density at radius 3 is 2.90 bits per heavy atom. The van der Waals surface area contributed by atoms with Gasteiger partial charge in [0.15, 0.2) is 0 Å². The molecule has 0 saturated heterocycles. The number of nitrogens with one attached hydrogen (secondary N) is 1. The Kier molecular flexibility index (Phi) is 4.65. The third-order valence-electron chi connectivity index (χ3n) is 2.52. The van der Waals surface area contributed by atoms with Crippen molar-refractivity contribution in [2.45, 2.75) is 6.42 Å². The molecule has 0 saturated carbocycles. The molecule has 2 aromatic rings. The third kappa shape index (κ3) is 3.52. The summed E-state index contributed by atoms with van der Waals surface area (Å²) in [5.74, 6) is -0.360. The topological polar surface area (TPSA) is 85.1 Å². The quantitative estimate of drug-likeness (QED) is 0.679. The zero-order valence-electron chi connectivity index (χ0n) is 10.2. The van der Waals surface area contributed by atoms with Gasteiger partial charge in [-0.1, -0.05) is 11.6 Å². The van der Waals surface area contributed by atoms with Crippen molar-refractivity contribution < 1.29 is 9.72 Å². The second-order valence-electron chi connectivity index (χ2n) is 3.85. The summed E-state index contributed by atoms with van der Waals surface area (Å²) in [5.41, 5.74) is 0.0748. The van der Waals surface area contributed by atoms with Crippen LogP contribution in [0.1, 0.15) is 15.4 Å². The Hall–Kier alpha value is -1.99. The van der Waals surface area contributed by atoms with Gasteiger partial charge in [0.2, 0.25) is 0 Å². The molecule has 0 aliphatic carbocycles. The van der Waals surface area contributed by atoms with Gasteiger partial charge in [0.05, 0.1) is 20.5 Å². The molecule has 104 valence electrons. The Morgan fingerprint density at radius 1 is 1.50 bits per heavy atom. The Labute approximate surface area is 123 Å². The van der Waals surface area contributed by atoms with Crippen LogP contribution in [0.2, 0.25) is 5.02 Å². The van der Waals surface area contributed by atoms with Gasteiger partial charge >= 0.3 is 0 Å². The van der Waals surface area contributed by atoms with Crippen LogP contribution in [0, 0.1) is 10.1 Å². The molecule has 0 radical (unpaired) electrons. The third-order valence-corrected chi connectivity index (χ3v) is 3.67. The van der Waals surface area contributed by atoms with Gasteiger partial charge in [0.1, 0.15) is 0 Å². The van der Waals surface area contributed by atoms with Crippen molar-refractivity contribution in [1.29, 1.82) is 0 Å². The van der Waals surface area contributed by atoms with Gasteiger partial charge in [0, 0.05) is 36.7 Å². The van der Waals surface area contributed by atoms with Crippen LogP contribution in [-0.4, -0.2) is 22.4 Å². The van der Waals surface area contributed by atoms with Crippen LogP contribution >= 0.6 is 22.9 Å². The van der Waals surface area contributed by atoms with Crippen LogP contribution < -0.4 is 5.32 Å². The summed E-state index contributed by atoms with van der Waals surface area (Å²) in [6, 6.07) is 3.76. The van der Waals surface area contributed by atoms with Crippen molar-refractivity contribution in [3.63, 3.8) is 0 Å². The van der Waals surface area contributed by atoms with E-state index in [4.69, 9.17) is 11.6 Å². The van der Waals surface area contributed by atoms with Crippen molar-refractivity contribution in [2.75, 3.05) is 6.54 Å². The highest BCUT2D eigenvalue weighted by Gasteiger charge is 2.14. The lowest BCUT2D eigenvalue weighted by atomic mass is 10.2. The van der Waals surface area contributed by atoms with Crippen molar-refractivity contribution in [2.24, 2.45) is 0 Å². The maximum absolute atomic E-state index is 11.9. The minimum atomic E-state index is -0.559. The van der Waals surface area contributed by atoms with E-state index in [0.717, 1.165) is 11.1 Å². The lowest BCUT2D eigenvalue weighted by molar-refractivity contribution is -0.384. The molecule has 0 bridgehead atoms. The van der Waals surface area contributed by atoms with Gasteiger partial charge in [-0.25, -0.2) is 4.98 Å². The van der Waals surface area contributed by atoms with E-state index < -0.39 is 4.92 Å². The molecule has 1 amide bonds. The monoisotopic (exact) mass is 311 g/mol. The number of nitro groups is 1. The van der Waals surface area contributed by atoms with Gasteiger partial charge < -0.3 is 5.32 Å². The van der Waals surface area contributed by atoms with Crippen LogP contribution in [0.15, 0.2) is 29.8 Å². The second kappa shape index (κ2) is 6.44. The number of hydrogen-bond acceptors (Lipinski definition) is 5. The lowest BCUT2D eigenvalue weighted by Crippen LogP contribution is -2.25. The smallest absolute Gasteiger partial charge is 0.270 e. The molecular formula is C12H10ClN3O3S. The largest absolute Gasteiger partial charge is 0.352 e. The first-order chi connectivity index (χ1) is 9.58. The summed E-state index contributed by atoms with van der Waals surface area (Å²) >= 11 is 7.39. The van der Waals surface area contributed by atoms with E-state index in [2.05, 4.69) is 10.3 Å². The minimum Gasteiger partial charge on any atom is -0.352 e. The molecule has 1 aromatic carbocycles. The number of carbonyl (C=O) groups excluding carboxylic acids is 1. The summed E-state index contributed by atoms with van der Waals surface area (Å²) in [7, 11) is 0. The van der Waals surface area contributed by atoms with Gasteiger partial charge in [-0.05, 0) is 6.07 Å². The maximum Gasteiger partial charge on any atom is 0.270 e. The van der Waals surface area contributed by atoms with E-state index in [0.29, 0.717) is 13.0 Å². The number of thiazole rings is 1. The van der Waals surface area contributed by atoms with E-state index in [1.807, 2.05) is 5.38 Å². The number of nitrogens with zero attached hydrogens (tertiary/aromatic N) is 2. The number of rotatable bonds is 5. The molecule has 2 rings (SSSR count). The van der Waals surface area contributed by atoms with E-state index in [-0.39, 0.29) is 22.2 Å². The normalized spacial score (nSPS) is 10.2. The Bertz CT molecular complexity index is 631. The number of aromatic nitrogens is 1. The van der Waals surface area contributed by atoms with Gasteiger partial charge in [-0.2, -0.15) is 0 Å². The highest BCUT2D eigenvalue weighted by molar-refractivity contribution is 7.09. The molecule has 1 heterocycles. The molecule has 1 aromatic heterocycles. The zero-order valence-corrected chi connectivity index (χ0v) is 11.8. The van der Waals surface area contributed by atoms with E-state index >= 15 is 0 Å². The predicted molar refractivity (Wildman–Crippen MR) is 76.3 cm³/mol. The van der Waals surface area contributed by atoms with E-state index in [9.17, 15) is 14.9 Å². The summed E-state index contributed by atoms with van der Waals surface area (Å²) in [5, 5.41) is 16.1. The number of amides is 1. The second-order valence-corrected chi connectivity index (χ2v) is 5.24. The summed E-state index contributed by atoms with van der Waals surface area (Å²) in [6.07, 6.45) is 2.34. The zero-order chi connectivity index (χ0) is 14.5. The SMILES string of the molecule is O=C(NCCc1nccs1)c1ccc([N+](=O)[O-])cc1Cl. The Morgan fingerprint density at radius 2 is 2.30 bits per heavy atom. The number of halogens is 1. The average molecular weight is 312 g/mol. The molecule has 0 aliphatic heterocycles. The molecule has 8 heteroatoms. The highest BCUT2D eigenvalue weighted by atomic mass is 35.5. The highest BCUT2D eigenvalue weighted by Crippen LogP contribution is 2.22.